The lowest BCUT2D eigenvalue weighted by molar-refractivity contribution is -0.136. The summed E-state index contributed by atoms with van der Waals surface area (Å²) < 4.78 is 0.888. The Morgan fingerprint density at radius 2 is 1.60 bits per heavy atom. The van der Waals surface area contributed by atoms with Gasteiger partial charge in [-0.1, -0.05) is 39.7 Å². The molecule has 1 fully saturated rings. The maximum Gasteiger partial charge on any atom is 0.313 e. The van der Waals surface area contributed by atoms with Gasteiger partial charge in [-0.15, -0.1) is 0 Å². The van der Waals surface area contributed by atoms with Crippen molar-refractivity contribution in [2.45, 2.75) is 0 Å². The molecule has 158 valence electrons. The number of carbonyl (C=O) groups is 3. The molecule has 0 aliphatic carbocycles. The molecule has 0 radical (unpaired) electrons. The van der Waals surface area contributed by atoms with Crippen molar-refractivity contribution < 1.29 is 14.4 Å². The molecule has 3 amide bonds. The topological polar surface area (TPSA) is 81.8 Å². The Bertz CT molecular complexity index is 915. The zero-order valence-corrected chi connectivity index (χ0v) is 18.6. The highest BCUT2D eigenvalue weighted by atomic mass is 79.9. The van der Waals surface area contributed by atoms with E-state index in [4.69, 9.17) is 11.6 Å². The number of amides is 3. The summed E-state index contributed by atoms with van der Waals surface area (Å²) >= 11 is 9.43. The molecular formula is C21H22BrClN4O3. The van der Waals surface area contributed by atoms with Crippen LogP contribution in [-0.2, 0) is 9.59 Å². The number of rotatable bonds is 5. The fourth-order valence-electron chi connectivity index (χ4n) is 3.11. The quantitative estimate of drug-likeness (QED) is 0.628. The lowest BCUT2D eigenvalue weighted by Gasteiger charge is -2.34. The Kier molecular flexibility index (Phi) is 7.84. The summed E-state index contributed by atoms with van der Waals surface area (Å²) in [5, 5.41) is 5.64. The highest BCUT2D eigenvalue weighted by Crippen LogP contribution is 2.18. The molecule has 0 saturated carbocycles. The SMILES string of the molecule is O=C(NCCN1CCN(C(=O)c2ccccc2Cl)CC1)C(=O)Nc1ccc(Br)cc1. The minimum atomic E-state index is -0.701. The van der Waals surface area contributed by atoms with E-state index >= 15 is 0 Å². The van der Waals surface area contributed by atoms with Crippen LogP contribution in [0.1, 0.15) is 10.4 Å². The Balaban J connectivity index is 1.38. The third-order valence-electron chi connectivity index (χ3n) is 4.79. The highest BCUT2D eigenvalue weighted by Gasteiger charge is 2.23. The first-order chi connectivity index (χ1) is 14.4. The van der Waals surface area contributed by atoms with Crippen LogP contribution in [-0.4, -0.2) is 66.8 Å². The standard InChI is InChI=1S/C21H22BrClN4O3/c22-15-5-7-16(8-6-15)25-20(29)19(28)24-9-10-26-11-13-27(14-12-26)21(30)17-3-1-2-4-18(17)23/h1-8H,9-14H2,(H,24,28)(H,25,29). The van der Waals surface area contributed by atoms with Crippen molar-refractivity contribution in [1.29, 1.82) is 0 Å². The summed E-state index contributed by atoms with van der Waals surface area (Å²) in [7, 11) is 0. The van der Waals surface area contributed by atoms with Crippen LogP contribution in [0.25, 0.3) is 0 Å². The predicted molar refractivity (Wildman–Crippen MR) is 120 cm³/mol. The second kappa shape index (κ2) is 10.6. The first-order valence-electron chi connectivity index (χ1n) is 9.55. The van der Waals surface area contributed by atoms with Gasteiger partial charge in [0.2, 0.25) is 0 Å². The van der Waals surface area contributed by atoms with Gasteiger partial charge in [0.1, 0.15) is 0 Å². The first kappa shape index (κ1) is 22.3. The Labute approximate surface area is 188 Å². The van der Waals surface area contributed by atoms with E-state index in [0.29, 0.717) is 55.5 Å². The lowest BCUT2D eigenvalue weighted by Crippen LogP contribution is -2.50. The molecule has 0 atom stereocenters. The van der Waals surface area contributed by atoms with Crippen LogP contribution in [0.2, 0.25) is 5.02 Å². The van der Waals surface area contributed by atoms with Gasteiger partial charge in [-0.2, -0.15) is 0 Å². The summed E-state index contributed by atoms with van der Waals surface area (Å²) in [6.07, 6.45) is 0. The monoisotopic (exact) mass is 492 g/mol. The molecule has 2 aromatic rings. The number of halogens is 2. The predicted octanol–water partition coefficient (Wildman–Crippen LogP) is 2.62. The van der Waals surface area contributed by atoms with E-state index < -0.39 is 11.8 Å². The van der Waals surface area contributed by atoms with Crippen molar-refractivity contribution in [3.05, 3.63) is 63.6 Å². The normalized spacial score (nSPS) is 14.3. The van der Waals surface area contributed by atoms with E-state index in [2.05, 4.69) is 31.5 Å². The summed E-state index contributed by atoms with van der Waals surface area (Å²) in [6.45, 7) is 3.51. The van der Waals surface area contributed by atoms with E-state index in [1.165, 1.54) is 0 Å². The van der Waals surface area contributed by atoms with E-state index in [1.54, 1.807) is 53.4 Å². The van der Waals surface area contributed by atoms with Crippen LogP contribution in [0.3, 0.4) is 0 Å². The average Bonchev–Trinajstić information content (AvgIpc) is 2.75. The summed E-state index contributed by atoms with van der Waals surface area (Å²) in [5.74, 6) is -1.45. The van der Waals surface area contributed by atoms with Crippen molar-refractivity contribution in [2.75, 3.05) is 44.6 Å². The second-order valence-electron chi connectivity index (χ2n) is 6.83. The fourth-order valence-corrected chi connectivity index (χ4v) is 3.59. The summed E-state index contributed by atoms with van der Waals surface area (Å²) in [5.41, 5.74) is 1.06. The van der Waals surface area contributed by atoms with Crippen LogP contribution >= 0.6 is 27.5 Å². The maximum atomic E-state index is 12.6. The van der Waals surface area contributed by atoms with Crippen LogP contribution in [0.15, 0.2) is 53.0 Å². The van der Waals surface area contributed by atoms with Crippen molar-refractivity contribution >= 4 is 50.9 Å². The molecule has 1 heterocycles. The molecular weight excluding hydrogens is 472 g/mol. The molecule has 1 aliphatic heterocycles. The third-order valence-corrected chi connectivity index (χ3v) is 5.64. The van der Waals surface area contributed by atoms with Crippen molar-refractivity contribution in [3.63, 3.8) is 0 Å². The fraction of sp³-hybridized carbons (Fsp3) is 0.286. The van der Waals surface area contributed by atoms with Crippen molar-refractivity contribution in [1.82, 2.24) is 15.1 Å². The largest absolute Gasteiger partial charge is 0.347 e. The number of anilines is 1. The van der Waals surface area contributed by atoms with Gasteiger partial charge >= 0.3 is 11.8 Å². The van der Waals surface area contributed by atoms with Crippen LogP contribution in [0.5, 0.6) is 0 Å². The van der Waals surface area contributed by atoms with E-state index in [9.17, 15) is 14.4 Å². The van der Waals surface area contributed by atoms with Crippen LogP contribution < -0.4 is 10.6 Å². The molecule has 0 aromatic heterocycles. The molecule has 0 bridgehead atoms. The molecule has 7 nitrogen and oxygen atoms in total. The molecule has 1 aliphatic rings. The molecule has 9 heteroatoms. The lowest BCUT2D eigenvalue weighted by atomic mass is 10.2. The number of hydrogen-bond acceptors (Lipinski definition) is 4. The van der Waals surface area contributed by atoms with E-state index in [0.717, 1.165) is 4.47 Å². The number of hydrogen-bond donors (Lipinski definition) is 2. The van der Waals surface area contributed by atoms with Gasteiger partial charge in [-0.25, -0.2) is 0 Å². The highest BCUT2D eigenvalue weighted by molar-refractivity contribution is 9.10. The van der Waals surface area contributed by atoms with Gasteiger partial charge in [0, 0.05) is 49.4 Å². The van der Waals surface area contributed by atoms with Gasteiger partial charge < -0.3 is 15.5 Å². The number of nitrogens with zero attached hydrogens (tertiary/aromatic N) is 2. The van der Waals surface area contributed by atoms with Crippen molar-refractivity contribution in [2.24, 2.45) is 0 Å². The zero-order valence-electron chi connectivity index (χ0n) is 16.2. The van der Waals surface area contributed by atoms with E-state index in [-0.39, 0.29) is 5.91 Å². The number of piperazine rings is 1. The minimum absolute atomic E-state index is 0.0711. The van der Waals surface area contributed by atoms with Crippen molar-refractivity contribution in [3.8, 4) is 0 Å². The first-order valence-corrected chi connectivity index (χ1v) is 10.7. The number of carbonyl (C=O) groups excluding carboxylic acids is 3. The average molecular weight is 494 g/mol. The molecule has 0 unspecified atom stereocenters. The smallest absolute Gasteiger partial charge is 0.313 e. The molecule has 30 heavy (non-hydrogen) atoms. The Morgan fingerprint density at radius 3 is 2.27 bits per heavy atom. The molecule has 2 N–H and O–H groups in total. The molecule has 3 rings (SSSR count). The maximum absolute atomic E-state index is 12.6. The van der Waals surface area contributed by atoms with Gasteiger partial charge in [0.25, 0.3) is 5.91 Å². The molecule has 1 saturated heterocycles. The van der Waals surface area contributed by atoms with E-state index in [1.807, 2.05) is 0 Å². The second-order valence-corrected chi connectivity index (χ2v) is 8.15. The number of nitrogens with one attached hydrogen (secondary N) is 2. The summed E-state index contributed by atoms with van der Waals surface area (Å²) in [6, 6.07) is 14.0. The van der Waals surface area contributed by atoms with Gasteiger partial charge in [-0.05, 0) is 36.4 Å². The zero-order chi connectivity index (χ0) is 21.5. The molecule has 0 spiro atoms. The Hall–Kier alpha value is -2.42. The summed E-state index contributed by atoms with van der Waals surface area (Å²) in [4.78, 5) is 40.4. The minimum Gasteiger partial charge on any atom is -0.347 e. The molecule has 2 aromatic carbocycles. The third kappa shape index (κ3) is 6.04. The van der Waals surface area contributed by atoms with Gasteiger partial charge in [0.05, 0.1) is 10.6 Å². The number of benzene rings is 2. The van der Waals surface area contributed by atoms with Gasteiger partial charge in [0.15, 0.2) is 0 Å². The van der Waals surface area contributed by atoms with Crippen LogP contribution in [0, 0.1) is 0 Å². The van der Waals surface area contributed by atoms with Crippen LogP contribution in [0.4, 0.5) is 5.69 Å². The Morgan fingerprint density at radius 1 is 0.933 bits per heavy atom. The van der Waals surface area contributed by atoms with Gasteiger partial charge in [-0.3, -0.25) is 19.3 Å².